The molecule has 222 valence electrons. The van der Waals surface area contributed by atoms with Crippen molar-refractivity contribution in [2.45, 2.75) is 93.7 Å². The molecule has 0 heterocycles. The van der Waals surface area contributed by atoms with E-state index < -0.39 is 0 Å². The molecular formula is C33H57ClN4O. The minimum atomic E-state index is 0.0502. The molecule has 39 heavy (non-hydrogen) atoms. The maximum atomic E-state index is 11.2. The lowest BCUT2D eigenvalue weighted by atomic mass is 9.87. The van der Waals surface area contributed by atoms with E-state index in [1.54, 1.807) is 0 Å². The van der Waals surface area contributed by atoms with E-state index in [9.17, 15) is 4.79 Å². The molecule has 0 fully saturated rings. The normalized spacial score (nSPS) is 14.2. The molecule has 1 aromatic rings. The van der Waals surface area contributed by atoms with Crippen LogP contribution in [0.4, 0.5) is 5.69 Å². The van der Waals surface area contributed by atoms with Crippen molar-refractivity contribution < 1.29 is 4.79 Å². The van der Waals surface area contributed by atoms with Gasteiger partial charge in [-0.05, 0) is 109 Å². The first-order valence-electron chi connectivity index (χ1n) is 14.7. The third-order valence-corrected chi connectivity index (χ3v) is 7.08. The van der Waals surface area contributed by atoms with Crippen molar-refractivity contribution in [3.8, 4) is 0 Å². The molecule has 1 rings (SSSR count). The van der Waals surface area contributed by atoms with E-state index >= 15 is 0 Å². The third-order valence-electron chi connectivity index (χ3n) is 6.96. The molecule has 2 N–H and O–H groups in total. The number of unbranched alkanes of at least 4 members (excludes halogenated alkanes) is 1. The van der Waals surface area contributed by atoms with Gasteiger partial charge in [0.15, 0.2) is 0 Å². The minimum absolute atomic E-state index is 0.0502. The second kappa shape index (κ2) is 20.6. The van der Waals surface area contributed by atoms with Crippen molar-refractivity contribution in [2.24, 2.45) is 5.92 Å². The molecule has 5 nitrogen and oxygen atoms in total. The number of benzene rings is 1. The Kier molecular flexibility index (Phi) is 19.4. The summed E-state index contributed by atoms with van der Waals surface area (Å²) < 4.78 is 0. The van der Waals surface area contributed by atoms with Crippen LogP contribution in [-0.2, 0) is 0 Å². The monoisotopic (exact) mass is 560 g/mol. The Balaban J connectivity index is 0.00000263. The highest BCUT2D eigenvalue weighted by molar-refractivity contribution is 6.29. The van der Waals surface area contributed by atoms with Crippen LogP contribution >= 0.6 is 11.6 Å². The van der Waals surface area contributed by atoms with Crippen LogP contribution in [0.25, 0.3) is 0 Å². The first kappa shape index (κ1) is 36.8. The number of aldehydes is 1. The number of hydrogen-bond donors (Lipinski definition) is 2. The number of carbonyl (C=O) groups is 1. The summed E-state index contributed by atoms with van der Waals surface area (Å²) in [6.07, 6.45) is 10.7. The lowest BCUT2D eigenvalue weighted by molar-refractivity contribution is 0.112. The third kappa shape index (κ3) is 13.6. The Morgan fingerprint density at radius 1 is 1.08 bits per heavy atom. The Bertz CT molecular complexity index is 932. The molecule has 6 heteroatoms. The van der Waals surface area contributed by atoms with Crippen molar-refractivity contribution in [1.29, 1.82) is 0 Å². The van der Waals surface area contributed by atoms with Crippen LogP contribution in [0.5, 0.6) is 0 Å². The van der Waals surface area contributed by atoms with Gasteiger partial charge in [-0.25, -0.2) is 0 Å². The van der Waals surface area contributed by atoms with Crippen molar-refractivity contribution >= 4 is 23.6 Å². The zero-order valence-electron chi connectivity index (χ0n) is 26.7. The predicted octanol–water partition coefficient (Wildman–Crippen LogP) is 8.58. The van der Waals surface area contributed by atoms with Crippen LogP contribution in [0.3, 0.4) is 0 Å². The largest absolute Gasteiger partial charge is 0.390 e. The maximum absolute atomic E-state index is 11.2. The van der Waals surface area contributed by atoms with E-state index in [-0.39, 0.29) is 6.17 Å². The Labute approximate surface area is 245 Å². The Morgan fingerprint density at radius 2 is 1.72 bits per heavy atom. The van der Waals surface area contributed by atoms with Crippen LogP contribution < -0.4 is 10.6 Å². The fourth-order valence-electron chi connectivity index (χ4n) is 4.31. The molecule has 0 saturated carbocycles. The lowest BCUT2D eigenvalue weighted by Crippen LogP contribution is -2.41. The van der Waals surface area contributed by atoms with Crippen LogP contribution in [-0.4, -0.2) is 56.5 Å². The highest BCUT2D eigenvalue weighted by Crippen LogP contribution is 2.33. The summed E-state index contributed by atoms with van der Waals surface area (Å²) in [5.74, 6) is 0.445. The molecule has 0 aliphatic carbocycles. The van der Waals surface area contributed by atoms with Crippen molar-refractivity contribution in [1.82, 2.24) is 15.1 Å². The first-order chi connectivity index (χ1) is 18.5. The number of aryl methyl sites for hydroxylation is 1. The van der Waals surface area contributed by atoms with Crippen molar-refractivity contribution in [3.63, 3.8) is 0 Å². The number of anilines is 1. The molecule has 0 radical (unpaired) electrons. The number of allylic oxidation sites excluding steroid dienone is 5. The van der Waals surface area contributed by atoms with E-state index in [2.05, 4.69) is 82.1 Å². The molecule has 0 aromatic heterocycles. The van der Waals surface area contributed by atoms with E-state index in [4.69, 9.17) is 11.6 Å². The molecule has 2 unspecified atom stereocenters. The zero-order valence-corrected chi connectivity index (χ0v) is 27.5. The SMILES string of the molecule is CCCCN(C(/C(=C\C=C(/C)Cl)C(CC)CCC)=C(/C)NC)C(C)Nc1ccc(C=O)cc1C.CCN(C)C. The van der Waals surface area contributed by atoms with Gasteiger partial charge < -0.3 is 20.4 Å². The summed E-state index contributed by atoms with van der Waals surface area (Å²) in [6.45, 7) is 19.3. The lowest BCUT2D eigenvalue weighted by Gasteiger charge is -2.38. The fourth-order valence-corrected chi connectivity index (χ4v) is 4.37. The smallest absolute Gasteiger partial charge is 0.150 e. The van der Waals surface area contributed by atoms with E-state index in [0.717, 1.165) is 73.5 Å². The number of halogens is 1. The van der Waals surface area contributed by atoms with Crippen molar-refractivity contribution in [2.75, 3.05) is 39.5 Å². The minimum Gasteiger partial charge on any atom is -0.390 e. The molecule has 0 saturated heterocycles. The van der Waals surface area contributed by atoms with Crippen LogP contribution in [0.2, 0.25) is 0 Å². The van der Waals surface area contributed by atoms with E-state index in [1.807, 2.05) is 45.2 Å². The van der Waals surface area contributed by atoms with Crippen molar-refractivity contribution in [3.05, 3.63) is 63.5 Å². The quantitative estimate of drug-likeness (QED) is 0.120. The maximum Gasteiger partial charge on any atom is 0.150 e. The summed E-state index contributed by atoms with van der Waals surface area (Å²) >= 11 is 6.27. The molecule has 0 spiro atoms. The average molecular weight is 561 g/mol. The van der Waals surface area contributed by atoms with E-state index in [1.165, 1.54) is 11.3 Å². The molecule has 0 amide bonds. The average Bonchev–Trinajstić information content (AvgIpc) is 2.91. The molecule has 0 aliphatic rings. The fraction of sp³-hybridized carbons (Fsp3) is 0.606. The number of rotatable bonds is 16. The topological polar surface area (TPSA) is 47.6 Å². The van der Waals surface area contributed by atoms with Gasteiger partial charge >= 0.3 is 0 Å². The van der Waals surface area contributed by atoms with Gasteiger partial charge in [-0.2, -0.15) is 0 Å². The predicted molar refractivity (Wildman–Crippen MR) is 174 cm³/mol. The molecule has 1 aromatic carbocycles. The first-order valence-corrected chi connectivity index (χ1v) is 15.0. The standard InChI is InChI=1S/C29H46ClN3O.C4H11N/c1-9-12-18-33(24(7)32-28-17-15-25(20-34)19-21(28)4)29(23(6)31-8)27(16-14-22(5)30)26(11-3)13-10-2;1-4-5(2)3/h14-17,19-20,24,26,31-32H,9-13,18H2,1-8H3;4H2,1-3H3/b22-14+,27-16-,29-23-;. The highest BCUT2D eigenvalue weighted by atomic mass is 35.5. The van der Waals surface area contributed by atoms with Gasteiger partial charge in [0.1, 0.15) is 6.29 Å². The van der Waals surface area contributed by atoms with Gasteiger partial charge in [-0.1, -0.05) is 58.2 Å². The van der Waals surface area contributed by atoms with Crippen LogP contribution in [0.15, 0.2) is 52.4 Å². The van der Waals surface area contributed by atoms with Gasteiger partial charge in [0.2, 0.25) is 0 Å². The number of carbonyl (C=O) groups excluding carboxylic acids is 1. The molecule has 0 aliphatic heterocycles. The number of hydrogen-bond acceptors (Lipinski definition) is 5. The summed E-state index contributed by atoms with van der Waals surface area (Å²) in [5, 5.41) is 7.93. The second-order valence-electron chi connectivity index (χ2n) is 10.4. The van der Waals surface area contributed by atoms with Gasteiger partial charge in [-0.15, -0.1) is 0 Å². The Hall–Kier alpha value is -2.24. The van der Waals surface area contributed by atoms with Gasteiger partial charge in [0.05, 0.1) is 11.9 Å². The van der Waals surface area contributed by atoms with Crippen LogP contribution in [0, 0.1) is 12.8 Å². The van der Waals surface area contributed by atoms with Gasteiger partial charge in [-0.3, -0.25) is 4.79 Å². The summed E-state index contributed by atoms with van der Waals surface area (Å²) in [6, 6.07) is 5.81. The highest BCUT2D eigenvalue weighted by Gasteiger charge is 2.26. The molecule has 2 atom stereocenters. The molecular weight excluding hydrogens is 504 g/mol. The summed E-state index contributed by atoms with van der Waals surface area (Å²) in [7, 11) is 6.11. The van der Waals surface area contributed by atoms with E-state index in [0.29, 0.717) is 11.5 Å². The van der Waals surface area contributed by atoms with Gasteiger partial charge in [0.25, 0.3) is 0 Å². The molecule has 0 bridgehead atoms. The zero-order chi connectivity index (χ0) is 30.0. The second-order valence-corrected chi connectivity index (χ2v) is 11.0. The Morgan fingerprint density at radius 3 is 2.15 bits per heavy atom. The van der Waals surface area contributed by atoms with Gasteiger partial charge in [0, 0.05) is 35.6 Å². The van der Waals surface area contributed by atoms with Crippen LogP contribution in [0.1, 0.15) is 96.5 Å². The summed E-state index contributed by atoms with van der Waals surface area (Å²) in [5.41, 5.74) is 6.53. The number of nitrogens with zero attached hydrogens (tertiary/aromatic N) is 2. The summed E-state index contributed by atoms with van der Waals surface area (Å²) in [4.78, 5) is 15.8. The number of nitrogens with one attached hydrogen (secondary N) is 2.